The number of carbonyl (C=O) groups excluding carboxylic acids is 2. The molecule has 0 radical (unpaired) electrons. The fraction of sp³-hybridized carbons (Fsp3) is 0.125. The second-order valence-corrected chi connectivity index (χ2v) is 8.13. The molecule has 156 valence electrons. The highest BCUT2D eigenvalue weighted by molar-refractivity contribution is 9.10. The Bertz CT molecular complexity index is 1250. The molecule has 0 saturated carbocycles. The summed E-state index contributed by atoms with van der Waals surface area (Å²) < 4.78 is 2.78. The number of carbonyl (C=O) groups is 2. The molecular weight excluding hydrogens is 456 g/mol. The first-order chi connectivity index (χ1) is 15.0. The summed E-state index contributed by atoms with van der Waals surface area (Å²) >= 11 is 3.39. The number of nitrogens with one attached hydrogen (secondary N) is 2. The summed E-state index contributed by atoms with van der Waals surface area (Å²) in [7, 11) is 0. The van der Waals surface area contributed by atoms with Gasteiger partial charge in [-0.2, -0.15) is 0 Å². The fourth-order valence-electron chi connectivity index (χ4n) is 3.36. The highest BCUT2D eigenvalue weighted by atomic mass is 79.9. The molecule has 3 aromatic carbocycles. The predicted molar refractivity (Wildman–Crippen MR) is 125 cm³/mol. The van der Waals surface area contributed by atoms with Crippen molar-refractivity contribution in [2.75, 3.05) is 5.32 Å². The highest BCUT2D eigenvalue weighted by Gasteiger charge is 2.15. The second kappa shape index (κ2) is 9.14. The minimum atomic E-state index is -0.179. The summed E-state index contributed by atoms with van der Waals surface area (Å²) in [5.41, 5.74) is 3.94. The van der Waals surface area contributed by atoms with Crippen molar-refractivity contribution in [1.82, 2.24) is 14.9 Å². The number of aromatic nitrogens is 2. The van der Waals surface area contributed by atoms with Gasteiger partial charge in [0.15, 0.2) is 0 Å². The van der Waals surface area contributed by atoms with E-state index in [2.05, 4.69) is 31.5 Å². The van der Waals surface area contributed by atoms with Crippen molar-refractivity contribution in [2.24, 2.45) is 0 Å². The molecular formula is C24H21BrN4O2. The Labute approximate surface area is 188 Å². The summed E-state index contributed by atoms with van der Waals surface area (Å²) in [5, 5.41) is 5.81. The van der Waals surface area contributed by atoms with E-state index in [1.165, 1.54) is 0 Å². The lowest BCUT2D eigenvalue weighted by Gasteiger charge is -2.11. The first kappa shape index (κ1) is 20.8. The van der Waals surface area contributed by atoms with E-state index < -0.39 is 0 Å². The van der Waals surface area contributed by atoms with Gasteiger partial charge in [-0.3, -0.25) is 9.59 Å². The van der Waals surface area contributed by atoms with Gasteiger partial charge in [0.05, 0.1) is 17.6 Å². The molecule has 0 spiro atoms. The van der Waals surface area contributed by atoms with Gasteiger partial charge in [-0.25, -0.2) is 4.98 Å². The molecule has 7 heteroatoms. The van der Waals surface area contributed by atoms with E-state index in [1.807, 2.05) is 78.2 Å². The lowest BCUT2D eigenvalue weighted by Crippen LogP contribution is -2.26. The van der Waals surface area contributed by atoms with E-state index in [4.69, 9.17) is 0 Å². The van der Waals surface area contributed by atoms with Crippen LogP contribution >= 0.6 is 15.9 Å². The fourth-order valence-corrected chi connectivity index (χ4v) is 3.63. The van der Waals surface area contributed by atoms with Crippen LogP contribution < -0.4 is 10.6 Å². The van der Waals surface area contributed by atoms with Gasteiger partial charge in [-0.15, -0.1) is 0 Å². The average molecular weight is 477 g/mol. The molecule has 0 aliphatic carbocycles. The van der Waals surface area contributed by atoms with Crippen molar-refractivity contribution in [2.45, 2.75) is 20.0 Å². The van der Waals surface area contributed by atoms with E-state index in [9.17, 15) is 9.59 Å². The number of rotatable bonds is 6. The van der Waals surface area contributed by atoms with Gasteiger partial charge in [0.1, 0.15) is 12.4 Å². The number of imidazole rings is 1. The minimum Gasteiger partial charge on any atom is -0.345 e. The smallest absolute Gasteiger partial charge is 0.251 e. The van der Waals surface area contributed by atoms with Crippen LogP contribution in [0.25, 0.3) is 11.0 Å². The highest BCUT2D eigenvalue weighted by Crippen LogP contribution is 2.18. The summed E-state index contributed by atoms with van der Waals surface area (Å²) in [6.07, 6.45) is 0. The number of fused-ring (bicyclic) bond motifs is 1. The molecule has 1 heterocycles. The van der Waals surface area contributed by atoms with Crippen LogP contribution in [-0.4, -0.2) is 21.4 Å². The minimum absolute atomic E-state index is 0.0895. The molecule has 0 bridgehead atoms. The normalized spacial score (nSPS) is 10.8. The van der Waals surface area contributed by atoms with Crippen molar-refractivity contribution >= 4 is 44.5 Å². The van der Waals surface area contributed by atoms with Crippen molar-refractivity contribution in [1.29, 1.82) is 0 Å². The summed E-state index contributed by atoms with van der Waals surface area (Å²) in [6.45, 7) is 2.25. The number of para-hydroxylation sites is 2. The molecule has 0 unspecified atom stereocenters. The van der Waals surface area contributed by atoms with E-state index in [0.717, 1.165) is 21.1 Å². The molecule has 31 heavy (non-hydrogen) atoms. The monoisotopic (exact) mass is 476 g/mol. The van der Waals surface area contributed by atoms with Crippen molar-refractivity contribution in [3.8, 4) is 0 Å². The average Bonchev–Trinajstić information content (AvgIpc) is 3.11. The number of hydrogen-bond donors (Lipinski definition) is 2. The molecule has 2 N–H and O–H groups in total. The van der Waals surface area contributed by atoms with E-state index in [0.29, 0.717) is 17.1 Å². The lowest BCUT2D eigenvalue weighted by molar-refractivity contribution is -0.116. The van der Waals surface area contributed by atoms with Crippen molar-refractivity contribution in [3.05, 3.63) is 94.2 Å². The zero-order valence-corrected chi connectivity index (χ0v) is 18.5. The van der Waals surface area contributed by atoms with Crippen LogP contribution in [0.1, 0.15) is 21.7 Å². The number of nitrogens with zero attached hydrogens (tertiary/aromatic N) is 2. The largest absolute Gasteiger partial charge is 0.345 e. The number of amides is 2. The maximum Gasteiger partial charge on any atom is 0.251 e. The van der Waals surface area contributed by atoms with E-state index in [-0.39, 0.29) is 24.9 Å². The quantitative estimate of drug-likeness (QED) is 0.424. The Balaban J connectivity index is 1.53. The Hall–Kier alpha value is -3.45. The number of benzene rings is 3. The molecule has 0 fully saturated rings. The first-order valence-corrected chi connectivity index (χ1v) is 10.6. The summed E-state index contributed by atoms with van der Waals surface area (Å²) in [4.78, 5) is 29.9. The summed E-state index contributed by atoms with van der Waals surface area (Å²) in [5.74, 6) is 0.270. The molecule has 6 nitrogen and oxygen atoms in total. The maximum atomic E-state index is 12.7. The Morgan fingerprint density at radius 2 is 1.77 bits per heavy atom. The van der Waals surface area contributed by atoms with Crippen LogP contribution in [0, 0.1) is 6.92 Å². The van der Waals surface area contributed by atoms with Gasteiger partial charge in [-0.1, -0.05) is 45.8 Å². The van der Waals surface area contributed by atoms with Gasteiger partial charge in [0, 0.05) is 15.7 Å². The molecule has 2 amide bonds. The van der Waals surface area contributed by atoms with Crippen LogP contribution in [0.4, 0.5) is 5.69 Å². The van der Waals surface area contributed by atoms with Gasteiger partial charge in [0.25, 0.3) is 5.91 Å². The van der Waals surface area contributed by atoms with E-state index in [1.54, 1.807) is 6.07 Å². The molecule has 0 saturated heterocycles. The lowest BCUT2D eigenvalue weighted by atomic mass is 10.1. The maximum absolute atomic E-state index is 12.7. The third kappa shape index (κ3) is 5.00. The molecule has 0 atom stereocenters. The van der Waals surface area contributed by atoms with E-state index >= 15 is 0 Å². The molecule has 4 aromatic rings. The van der Waals surface area contributed by atoms with Gasteiger partial charge >= 0.3 is 0 Å². The zero-order valence-electron chi connectivity index (χ0n) is 16.9. The van der Waals surface area contributed by atoms with Crippen LogP contribution in [0.3, 0.4) is 0 Å². The van der Waals surface area contributed by atoms with Gasteiger partial charge in [-0.05, 0) is 55.5 Å². The predicted octanol–water partition coefficient (Wildman–Crippen LogP) is 4.68. The first-order valence-electron chi connectivity index (χ1n) is 9.84. The number of hydrogen-bond acceptors (Lipinski definition) is 3. The third-order valence-corrected chi connectivity index (χ3v) is 5.38. The number of anilines is 1. The molecule has 1 aromatic heterocycles. The molecule has 4 rings (SSSR count). The number of halogens is 1. The standard InChI is InChI=1S/C24H21BrN4O2/c1-16-5-4-6-17(13-16)24(31)26-14-22-28-20-7-2-3-8-21(20)29(22)15-23(30)27-19-11-9-18(25)10-12-19/h2-13H,14-15H2,1H3,(H,26,31)(H,27,30). The Morgan fingerprint density at radius 1 is 1.00 bits per heavy atom. The second-order valence-electron chi connectivity index (χ2n) is 7.21. The van der Waals surface area contributed by atoms with Crippen molar-refractivity contribution < 1.29 is 9.59 Å². The van der Waals surface area contributed by atoms with Gasteiger partial charge < -0.3 is 15.2 Å². The molecule has 0 aliphatic heterocycles. The van der Waals surface area contributed by atoms with Crippen LogP contribution in [0.15, 0.2) is 77.3 Å². The third-order valence-electron chi connectivity index (χ3n) is 4.85. The molecule has 0 aliphatic rings. The number of aryl methyl sites for hydroxylation is 1. The Morgan fingerprint density at radius 3 is 2.55 bits per heavy atom. The van der Waals surface area contributed by atoms with Crippen LogP contribution in [0.2, 0.25) is 0 Å². The van der Waals surface area contributed by atoms with Gasteiger partial charge in [0.2, 0.25) is 5.91 Å². The zero-order chi connectivity index (χ0) is 21.8. The van der Waals surface area contributed by atoms with Crippen LogP contribution in [0.5, 0.6) is 0 Å². The topological polar surface area (TPSA) is 76.0 Å². The van der Waals surface area contributed by atoms with Crippen LogP contribution in [-0.2, 0) is 17.9 Å². The SMILES string of the molecule is Cc1cccc(C(=O)NCc2nc3ccccc3n2CC(=O)Nc2ccc(Br)cc2)c1. The summed E-state index contributed by atoms with van der Waals surface area (Å²) in [6, 6.07) is 22.4. The Kier molecular flexibility index (Phi) is 6.13. The van der Waals surface area contributed by atoms with Crippen molar-refractivity contribution in [3.63, 3.8) is 0 Å².